The summed E-state index contributed by atoms with van der Waals surface area (Å²) in [6, 6.07) is 0. The van der Waals surface area contributed by atoms with Gasteiger partial charge in [0.15, 0.2) is 0 Å². The zero-order valence-corrected chi connectivity index (χ0v) is 8.40. The molecule has 2 saturated heterocycles. The molecule has 0 aliphatic carbocycles. The van der Waals surface area contributed by atoms with Gasteiger partial charge in [-0.2, -0.15) is 0 Å². The van der Waals surface area contributed by atoms with Crippen LogP contribution in [-0.4, -0.2) is 62.3 Å². The molecule has 84 valence electrons. The van der Waals surface area contributed by atoms with Gasteiger partial charge in [0.05, 0.1) is 39.0 Å². The van der Waals surface area contributed by atoms with E-state index in [1.165, 1.54) is 0 Å². The van der Waals surface area contributed by atoms with Crippen molar-refractivity contribution in [2.45, 2.75) is 6.10 Å². The number of hydrogen-bond acceptors (Lipinski definition) is 5. The summed E-state index contributed by atoms with van der Waals surface area (Å²) in [5.41, 5.74) is 0. The minimum Gasteiger partial charge on any atom is -0.376 e. The van der Waals surface area contributed by atoms with Gasteiger partial charge in [0.1, 0.15) is 0 Å². The highest BCUT2D eigenvalue weighted by Crippen LogP contribution is 2.04. The van der Waals surface area contributed by atoms with Crippen molar-refractivity contribution in [3.05, 3.63) is 0 Å². The van der Waals surface area contributed by atoms with Crippen LogP contribution in [0.3, 0.4) is 0 Å². The lowest BCUT2D eigenvalue weighted by Crippen LogP contribution is -2.54. The number of nitrogens with zero attached hydrogens (tertiary/aromatic N) is 1. The van der Waals surface area contributed by atoms with E-state index < -0.39 is 0 Å². The Morgan fingerprint density at radius 2 is 2.00 bits per heavy atom. The molecule has 1 atom stereocenters. The Balaban J connectivity index is 1.82. The molecule has 1 unspecified atom stereocenters. The second-order valence-electron chi connectivity index (χ2n) is 3.71. The zero-order valence-electron chi connectivity index (χ0n) is 8.40. The Kier molecular flexibility index (Phi) is 3.30. The van der Waals surface area contributed by atoms with E-state index in [1.807, 2.05) is 0 Å². The van der Waals surface area contributed by atoms with Crippen molar-refractivity contribution in [2.75, 3.05) is 39.5 Å². The number of piperazine rings is 1. The fourth-order valence-electron chi connectivity index (χ4n) is 1.76. The largest absolute Gasteiger partial charge is 0.376 e. The molecule has 6 nitrogen and oxygen atoms in total. The molecular formula is C9H14N2O4. The number of carbonyl (C=O) groups excluding carboxylic acids is 2. The van der Waals surface area contributed by atoms with E-state index in [-0.39, 0.29) is 31.0 Å². The summed E-state index contributed by atoms with van der Waals surface area (Å²) < 4.78 is 10.7. The van der Waals surface area contributed by atoms with Crippen molar-refractivity contribution >= 4 is 11.8 Å². The molecule has 2 fully saturated rings. The highest BCUT2D eigenvalue weighted by Gasteiger charge is 2.25. The van der Waals surface area contributed by atoms with Gasteiger partial charge >= 0.3 is 0 Å². The van der Waals surface area contributed by atoms with Gasteiger partial charge in [-0.1, -0.05) is 0 Å². The summed E-state index contributed by atoms with van der Waals surface area (Å²) in [6.07, 6.45) is -0.0301. The highest BCUT2D eigenvalue weighted by atomic mass is 16.6. The van der Waals surface area contributed by atoms with Gasteiger partial charge in [-0.15, -0.1) is 0 Å². The van der Waals surface area contributed by atoms with Crippen LogP contribution in [0.4, 0.5) is 0 Å². The van der Waals surface area contributed by atoms with Crippen molar-refractivity contribution in [2.24, 2.45) is 0 Å². The molecule has 0 aromatic carbocycles. The van der Waals surface area contributed by atoms with Gasteiger partial charge in [-0.25, -0.2) is 0 Å². The van der Waals surface area contributed by atoms with E-state index in [0.29, 0.717) is 26.4 Å². The Morgan fingerprint density at radius 3 is 2.60 bits per heavy atom. The first-order valence-corrected chi connectivity index (χ1v) is 4.98. The lowest BCUT2D eigenvalue weighted by molar-refractivity contribution is -0.139. The Bertz CT molecular complexity index is 247. The number of nitrogens with one attached hydrogen (secondary N) is 1. The van der Waals surface area contributed by atoms with Crippen LogP contribution in [0.5, 0.6) is 0 Å². The number of hydrogen-bond donors (Lipinski definition) is 1. The third-order valence-electron chi connectivity index (χ3n) is 2.36. The van der Waals surface area contributed by atoms with Crippen molar-refractivity contribution in [3.63, 3.8) is 0 Å². The number of ether oxygens (including phenoxy) is 2. The van der Waals surface area contributed by atoms with Crippen molar-refractivity contribution in [3.8, 4) is 0 Å². The molecule has 6 heteroatoms. The topological polar surface area (TPSA) is 67.9 Å². The van der Waals surface area contributed by atoms with E-state index in [9.17, 15) is 9.59 Å². The fraction of sp³-hybridized carbons (Fsp3) is 0.778. The summed E-state index contributed by atoms with van der Waals surface area (Å²) >= 11 is 0. The zero-order chi connectivity index (χ0) is 10.7. The lowest BCUT2D eigenvalue weighted by Gasteiger charge is -2.30. The first kappa shape index (κ1) is 10.5. The maximum atomic E-state index is 11.1. The summed E-state index contributed by atoms with van der Waals surface area (Å²) in [5.74, 6) is -0.494. The summed E-state index contributed by atoms with van der Waals surface area (Å²) in [7, 11) is 0. The second-order valence-corrected chi connectivity index (χ2v) is 3.71. The van der Waals surface area contributed by atoms with Crippen molar-refractivity contribution in [1.82, 2.24) is 10.2 Å². The highest BCUT2D eigenvalue weighted by molar-refractivity contribution is 5.99. The monoisotopic (exact) mass is 214 g/mol. The van der Waals surface area contributed by atoms with Crippen LogP contribution >= 0.6 is 0 Å². The molecule has 0 aromatic rings. The Hall–Kier alpha value is -0.980. The van der Waals surface area contributed by atoms with E-state index >= 15 is 0 Å². The maximum Gasteiger partial charge on any atom is 0.240 e. The standard InChI is InChI=1S/C9H14N2O4/c12-8-4-11(5-9(13)10-8)3-7-6-14-1-2-15-7/h7H,1-6H2,(H,10,12,13). The number of rotatable bonds is 2. The Labute approximate surface area is 87.5 Å². The number of imide groups is 1. The van der Waals surface area contributed by atoms with Gasteiger partial charge in [-0.05, 0) is 0 Å². The normalized spacial score (nSPS) is 28.9. The van der Waals surface area contributed by atoms with Crippen molar-refractivity contribution < 1.29 is 19.1 Å². The molecule has 0 aromatic heterocycles. The van der Waals surface area contributed by atoms with Crippen LogP contribution in [-0.2, 0) is 19.1 Å². The smallest absolute Gasteiger partial charge is 0.240 e. The number of carbonyl (C=O) groups is 2. The maximum absolute atomic E-state index is 11.1. The first-order valence-electron chi connectivity index (χ1n) is 4.98. The van der Waals surface area contributed by atoms with Gasteiger partial charge in [0.2, 0.25) is 11.8 Å². The molecule has 1 N–H and O–H groups in total. The van der Waals surface area contributed by atoms with Crippen LogP contribution in [0.2, 0.25) is 0 Å². The predicted molar refractivity (Wildman–Crippen MR) is 50.1 cm³/mol. The van der Waals surface area contributed by atoms with Gasteiger partial charge < -0.3 is 9.47 Å². The van der Waals surface area contributed by atoms with E-state index in [0.717, 1.165) is 0 Å². The minimum absolute atomic E-state index is 0.0301. The molecule has 2 aliphatic rings. The molecule has 15 heavy (non-hydrogen) atoms. The van der Waals surface area contributed by atoms with Crippen LogP contribution in [0, 0.1) is 0 Å². The fourth-order valence-corrected chi connectivity index (χ4v) is 1.76. The van der Waals surface area contributed by atoms with Gasteiger partial charge in [-0.3, -0.25) is 19.8 Å². The molecule has 0 saturated carbocycles. The molecule has 2 rings (SSSR count). The van der Waals surface area contributed by atoms with Crippen molar-refractivity contribution in [1.29, 1.82) is 0 Å². The average molecular weight is 214 g/mol. The molecular weight excluding hydrogens is 200 g/mol. The predicted octanol–water partition coefficient (Wildman–Crippen LogP) is -1.64. The quantitative estimate of drug-likeness (QED) is 0.558. The Morgan fingerprint density at radius 1 is 1.27 bits per heavy atom. The third kappa shape index (κ3) is 2.98. The summed E-state index contributed by atoms with van der Waals surface area (Å²) in [5, 5.41) is 2.25. The summed E-state index contributed by atoms with van der Waals surface area (Å²) in [6.45, 7) is 2.82. The van der Waals surface area contributed by atoms with Crippen LogP contribution in [0.1, 0.15) is 0 Å². The number of amides is 2. The molecule has 0 spiro atoms. The summed E-state index contributed by atoms with van der Waals surface area (Å²) in [4.78, 5) is 23.9. The molecule has 2 heterocycles. The van der Waals surface area contributed by atoms with E-state index in [1.54, 1.807) is 4.90 Å². The van der Waals surface area contributed by atoms with Crippen LogP contribution < -0.4 is 5.32 Å². The van der Waals surface area contributed by atoms with Gasteiger partial charge in [0, 0.05) is 6.54 Å². The average Bonchev–Trinajstić information content (AvgIpc) is 2.17. The van der Waals surface area contributed by atoms with E-state index in [4.69, 9.17) is 9.47 Å². The second kappa shape index (κ2) is 4.69. The van der Waals surface area contributed by atoms with Crippen LogP contribution in [0.25, 0.3) is 0 Å². The minimum atomic E-state index is -0.247. The molecule has 2 amide bonds. The molecule has 2 aliphatic heterocycles. The SMILES string of the molecule is O=C1CN(CC2COCCO2)CC(=O)N1. The molecule has 0 bridgehead atoms. The third-order valence-corrected chi connectivity index (χ3v) is 2.36. The van der Waals surface area contributed by atoms with E-state index in [2.05, 4.69) is 5.32 Å². The molecule has 0 radical (unpaired) electrons. The lowest BCUT2D eigenvalue weighted by atomic mass is 10.2. The first-order chi connectivity index (χ1) is 7.24. The van der Waals surface area contributed by atoms with Crippen LogP contribution in [0.15, 0.2) is 0 Å². The van der Waals surface area contributed by atoms with Gasteiger partial charge in [0.25, 0.3) is 0 Å².